The van der Waals surface area contributed by atoms with Crippen LogP contribution < -0.4 is 26.3 Å². The van der Waals surface area contributed by atoms with Crippen LogP contribution in [0, 0.1) is 0 Å². The minimum Gasteiger partial charge on any atom is -1.00 e. The van der Waals surface area contributed by atoms with Crippen LogP contribution in [0.4, 0.5) is 0 Å². The molecule has 0 saturated carbocycles. The first kappa shape index (κ1) is 14.6. The monoisotopic (exact) mass is 284 g/mol. The number of benzene rings is 2. The van der Waals surface area contributed by atoms with Crippen molar-refractivity contribution in [2.75, 3.05) is 0 Å². The molecule has 0 aliphatic carbocycles. The highest BCUT2D eigenvalue weighted by Gasteiger charge is 2.12. The summed E-state index contributed by atoms with van der Waals surface area (Å²) in [6.45, 7) is 0. The zero-order valence-corrected chi connectivity index (χ0v) is 10.9. The summed E-state index contributed by atoms with van der Waals surface area (Å²) < 4.78 is 21.1. The molecule has 0 heterocycles. The lowest BCUT2D eigenvalue weighted by Gasteiger charge is -2.23. The van der Waals surface area contributed by atoms with Crippen molar-refractivity contribution in [2.24, 2.45) is 0 Å². The number of phosphoric acid groups is 1. The quantitative estimate of drug-likeness (QED) is 0.718. The molecular formula is C12H10ClO4P-2. The molecule has 0 spiro atoms. The molecule has 0 atom stereocenters. The first-order valence-electron chi connectivity index (χ1n) is 4.96. The van der Waals surface area contributed by atoms with E-state index in [1.54, 1.807) is 60.7 Å². The average molecular weight is 285 g/mol. The van der Waals surface area contributed by atoms with E-state index in [2.05, 4.69) is 0 Å². The fourth-order valence-electron chi connectivity index (χ4n) is 1.24. The van der Waals surface area contributed by atoms with E-state index in [0.717, 1.165) is 0 Å². The standard InChI is InChI=1S/C12H11O4P.ClH/c13-17(14,15-11-7-3-1-4-8-11)16-12-9-5-2-6-10-12;/h1-10H,(H,13,14);1H/p-2. The summed E-state index contributed by atoms with van der Waals surface area (Å²) in [5.74, 6) is 0.448. The smallest absolute Gasteiger partial charge is 0.372 e. The zero-order valence-electron chi connectivity index (χ0n) is 9.23. The molecule has 0 saturated heterocycles. The van der Waals surface area contributed by atoms with Gasteiger partial charge in [-0.1, -0.05) is 36.4 Å². The van der Waals surface area contributed by atoms with E-state index in [9.17, 15) is 9.46 Å². The Balaban J connectivity index is 0.00000162. The maximum atomic E-state index is 11.6. The van der Waals surface area contributed by atoms with Gasteiger partial charge in [-0.25, -0.2) is 4.57 Å². The molecule has 0 amide bonds. The molecule has 2 aromatic carbocycles. The Bertz CT molecular complexity index is 473. The van der Waals surface area contributed by atoms with Gasteiger partial charge in [0.1, 0.15) is 11.5 Å². The predicted octanol–water partition coefficient (Wildman–Crippen LogP) is -0.383. The van der Waals surface area contributed by atoms with Crippen molar-refractivity contribution in [3.05, 3.63) is 60.7 Å². The van der Waals surface area contributed by atoms with E-state index in [1.807, 2.05) is 0 Å². The molecule has 0 unspecified atom stereocenters. The Kier molecular flexibility index (Phi) is 5.23. The SMILES string of the molecule is O=P([O-])(Oc1ccccc1)Oc1ccccc1.[Cl-]. The Labute approximate surface area is 111 Å². The minimum atomic E-state index is -4.39. The van der Waals surface area contributed by atoms with E-state index in [-0.39, 0.29) is 23.9 Å². The van der Waals surface area contributed by atoms with Crippen LogP contribution in [-0.2, 0) is 4.57 Å². The van der Waals surface area contributed by atoms with Crippen LogP contribution in [0.5, 0.6) is 11.5 Å². The van der Waals surface area contributed by atoms with Gasteiger partial charge in [0.15, 0.2) is 0 Å². The highest BCUT2D eigenvalue weighted by molar-refractivity contribution is 7.46. The van der Waals surface area contributed by atoms with E-state index < -0.39 is 7.82 Å². The summed E-state index contributed by atoms with van der Waals surface area (Å²) in [5.41, 5.74) is 0. The molecule has 2 aromatic rings. The van der Waals surface area contributed by atoms with Crippen molar-refractivity contribution in [2.45, 2.75) is 0 Å². The normalized spacial score (nSPS) is 10.3. The highest BCUT2D eigenvalue weighted by Crippen LogP contribution is 2.40. The molecule has 96 valence electrons. The van der Waals surface area contributed by atoms with Crippen LogP contribution in [0.15, 0.2) is 60.7 Å². The first-order chi connectivity index (χ1) is 8.16. The van der Waals surface area contributed by atoms with Crippen LogP contribution >= 0.6 is 7.82 Å². The second-order valence-electron chi connectivity index (χ2n) is 3.26. The second kappa shape index (κ2) is 6.45. The van der Waals surface area contributed by atoms with Gasteiger partial charge in [0.05, 0.1) is 0 Å². The molecule has 18 heavy (non-hydrogen) atoms. The molecule has 0 aliphatic heterocycles. The molecule has 0 N–H and O–H groups in total. The number of hydrogen-bond donors (Lipinski definition) is 0. The van der Waals surface area contributed by atoms with Gasteiger partial charge in [0.2, 0.25) is 0 Å². The summed E-state index contributed by atoms with van der Waals surface area (Å²) in [6.07, 6.45) is 0. The van der Waals surface area contributed by atoms with E-state index >= 15 is 0 Å². The molecule has 0 aromatic heterocycles. The predicted molar refractivity (Wildman–Crippen MR) is 61.7 cm³/mol. The Morgan fingerprint density at radius 2 is 1.11 bits per heavy atom. The number of rotatable bonds is 4. The van der Waals surface area contributed by atoms with Crippen molar-refractivity contribution in [1.82, 2.24) is 0 Å². The molecule has 0 radical (unpaired) electrons. The molecule has 0 fully saturated rings. The van der Waals surface area contributed by atoms with Gasteiger partial charge in [0, 0.05) is 0 Å². The first-order valence-corrected chi connectivity index (χ1v) is 6.42. The van der Waals surface area contributed by atoms with Gasteiger partial charge < -0.3 is 26.3 Å². The van der Waals surface area contributed by atoms with Crippen molar-refractivity contribution in [1.29, 1.82) is 0 Å². The lowest BCUT2D eigenvalue weighted by molar-refractivity contribution is -0.208. The second-order valence-corrected chi connectivity index (χ2v) is 4.52. The fraction of sp³-hybridized carbons (Fsp3) is 0. The van der Waals surface area contributed by atoms with E-state index in [1.165, 1.54) is 0 Å². The zero-order chi connectivity index (χ0) is 12.1. The third-order valence-corrected chi connectivity index (χ3v) is 2.79. The molecular weight excluding hydrogens is 275 g/mol. The number of halogens is 1. The number of hydrogen-bond acceptors (Lipinski definition) is 4. The Morgan fingerprint density at radius 1 is 0.778 bits per heavy atom. The van der Waals surface area contributed by atoms with Gasteiger partial charge in [-0.05, 0) is 24.3 Å². The topological polar surface area (TPSA) is 58.6 Å². The van der Waals surface area contributed by atoms with Crippen molar-refractivity contribution in [3.63, 3.8) is 0 Å². The van der Waals surface area contributed by atoms with Crippen LogP contribution in [-0.4, -0.2) is 0 Å². The Hall–Kier alpha value is -1.48. The van der Waals surface area contributed by atoms with Crippen molar-refractivity contribution in [3.8, 4) is 11.5 Å². The number of phosphoric ester groups is 1. The Morgan fingerprint density at radius 3 is 1.44 bits per heavy atom. The third-order valence-electron chi connectivity index (χ3n) is 1.92. The van der Waals surface area contributed by atoms with E-state index in [4.69, 9.17) is 9.05 Å². The molecule has 6 heteroatoms. The molecule has 0 aliphatic rings. The van der Waals surface area contributed by atoms with E-state index in [0.29, 0.717) is 0 Å². The molecule has 0 bridgehead atoms. The molecule has 2 rings (SSSR count). The minimum absolute atomic E-state index is 0. The van der Waals surface area contributed by atoms with Crippen LogP contribution in [0.3, 0.4) is 0 Å². The summed E-state index contributed by atoms with van der Waals surface area (Å²) in [6, 6.07) is 16.4. The van der Waals surface area contributed by atoms with Gasteiger partial charge in [-0.15, -0.1) is 0 Å². The highest BCUT2D eigenvalue weighted by atomic mass is 35.5. The lowest BCUT2D eigenvalue weighted by atomic mass is 10.3. The summed E-state index contributed by atoms with van der Waals surface area (Å²) in [4.78, 5) is 11.6. The fourth-order valence-corrected chi connectivity index (χ4v) is 2.04. The average Bonchev–Trinajstić information content (AvgIpc) is 2.30. The lowest BCUT2D eigenvalue weighted by Crippen LogP contribution is -3.00. The maximum Gasteiger partial charge on any atom is 0.372 e. The van der Waals surface area contributed by atoms with Crippen molar-refractivity contribution < 1.29 is 30.9 Å². The largest absolute Gasteiger partial charge is 1.00 e. The summed E-state index contributed by atoms with van der Waals surface area (Å²) in [5, 5.41) is 0. The summed E-state index contributed by atoms with van der Waals surface area (Å²) >= 11 is 0. The van der Waals surface area contributed by atoms with Crippen LogP contribution in [0.25, 0.3) is 0 Å². The van der Waals surface area contributed by atoms with Gasteiger partial charge in [-0.3, -0.25) is 0 Å². The van der Waals surface area contributed by atoms with Gasteiger partial charge in [0.25, 0.3) is 0 Å². The van der Waals surface area contributed by atoms with Crippen molar-refractivity contribution >= 4 is 7.82 Å². The van der Waals surface area contributed by atoms with Crippen LogP contribution in [0.1, 0.15) is 0 Å². The van der Waals surface area contributed by atoms with Gasteiger partial charge >= 0.3 is 7.82 Å². The maximum absolute atomic E-state index is 11.6. The molecule has 4 nitrogen and oxygen atoms in total. The summed E-state index contributed by atoms with van der Waals surface area (Å²) in [7, 11) is -4.39. The van der Waals surface area contributed by atoms with Gasteiger partial charge in [-0.2, -0.15) is 0 Å². The third kappa shape index (κ3) is 4.41. The number of para-hydroxylation sites is 2. The van der Waals surface area contributed by atoms with Crippen LogP contribution in [0.2, 0.25) is 0 Å².